The lowest BCUT2D eigenvalue weighted by atomic mass is 10.0. The Morgan fingerprint density at radius 1 is 1.19 bits per heavy atom. The lowest BCUT2D eigenvalue weighted by Crippen LogP contribution is -2.25. The van der Waals surface area contributed by atoms with E-state index in [1.54, 1.807) is 4.68 Å². The first-order valence-corrected chi connectivity index (χ1v) is 8.93. The van der Waals surface area contributed by atoms with Gasteiger partial charge in [0.15, 0.2) is 0 Å². The summed E-state index contributed by atoms with van der Waals surface area (Å²) < 4.78 is 1.71. The van der Waals surface area contributed by atoms with E-state index in [1.165, 1.54) is 0 Å². The molecule has 0 saturated carbocycles. The van der Waals surface area contributed by atoms with Gasteiger partial charge < -0.3 is 10.4 Å². The van der Waals surface area contributed by atoms with Crippen molar-refractivity contribution in [3.05, 3.63) is 41.5 Å². The highest BCUT2D eigenvalue weighted by atomic mass is 16.4. The summed E-state index contributed by atoms with van der Waals surface area (Å²) in [7, 11) is 0. The number of benzene rings is 1. The summed E-state index contributed by atoms with van der Waals surface area (Å²) in [5.74, 6) is 0.0298. The Kier molecular flexibility index (Phi) is 6.89. The number of aryl methyl sites for hydroxylation is 1. The van der Waals surface area contributed by atoms with Gasteiger partial charge in [-0.2, -0.15) is 0 Å². The first kappa shape index (κ1) is 19.6. The SMILES string of the molecule is Cc1nc(C(=O)NCCCCCC(=O)O)nn1-c1ccccc1C(C)C. The van der Waals surface area contributed by atoms with Crippen LogP contribution in [0.4, 0.5) is 0 Å². The molecule has 0 radical (unpaired) electrons. The molecule has 2 aromatic rings. The molecule has 0 bridgehead atoms. The number of carboxylic acids is 1. The van der Waals surface area contributed by atoms with Crippen LogP contribution in [0.1, 0.15) is 67.5 Å². The van der Waals surface area contributed by atoms with E-state index in [4.69, 9.17) is 5.11 Å². The molecule has 0 saturated heterocycles. The van der Waals surface area contributed by atoms with Crippen LogP contribution in [-0.2, 0) is 4.79 Å². The molecule has 2 N–H and O–H groups in total. The summed E-state index contributed by atoms with van der Waals surface area (Å²) >= 11 is 0. The standard InChI is InChI=1S/C19H26N4O3/c1-13(2)15-9-6-7-10-16(15)23-14(3)21-18(22-23)19(26)20-12-8-4-5-11-17(24)25/h6-7,9-10,13H,4-5,8,11-12H2,1-3H3,(H,20,26)(H,24,25). The van der Waals surface area contributed by atoms with Gasteiger partial charge in [-0.05, 0) is 37.3 Å². The van der Waals surface area contributed by atoms with E-state index in [0.29, 0.717) is 24.7 Å². The Labute approximate surface area is 153 Å². The maximum atomic E-state index is 12.3. The second-order valence-corrected chi connectivity index (χ2v) is 6.57. The molecule has 0 fully saturated rings. The number of hydrogen-bond donors (Lipinski definition) is 2. The number of nitrogens with one attached hydrogen (secondary N) is 1. The highest BCUT2D eigenvalue weighted by Gasteiger charge is 2.17. The fourth-order valence-corrected chi connectivity index (χ4v) is 2.74. The van der Waals surface area contributed by atoms with Gasteiger partial charge in [0.05, 0.1) is 5.69 Å². The molecule has 0 aliphatic heterocycles. The minimum atomic E-state index is -0.791. The van der Waals surface area contributed by atoms with Crippen molar-refractivity contribution < 1.29 is 14.7 Å². The zero-order chi connectivity index (χ0) is 19.1. The third kappa shape index (κ3) is 5.15. The van der Waals surface area contributed by atoms with Crippen LogP contribution in [0, 0.1) is 6.92 Å². The minimum Gasteiger partial charge on any atom is -0.481 e. The number of carboxylic acid groups (broad SMARTS) is 1. The summed E-state index contributed by atoms with van der Waals surface area (Å²) in [6.07, 6.45) is 2.27. The first-order chi connectivity index (χ1) is 12.4. The summed E-state index contributed by atoms with van der Waals surface area (Å²) in [6.45, 7) is 6.54. The molecule has 0 aliphatic rings. The molecular formula is C19H26N4O3. The number of amides is 1. The zero-order valence-electron chi connectivity index (χ0n) is 15.5. The lowest BCUT2D eigenvalue weighted by molar-refractivity contribution is -0.137. The van der Waals surface area contributed by atoms with Gasteiger partial charge in [-0.25, -0.2) is 9.67 Å². The van der Waals surface area contributed by atoms with Crippen LogP contribution in [-0.4, -0.2) is 38.3 Å². The molecule has 2 rings (SSSR count). The van der Waals surface area contributed by atoms with Gasteiger partial charge >= 0.3 is 5.97 Å². The molecule has 26 heavy (non-hydrogen) atoms. The molecule has 0 unspecified atom stereocenters. The Morgan fingerprint density at radius 3 is 2.62 bits per heavy atom. The van der Waals surface area contributed by atoms with Crippen molar-refractivity contribution >= 4 is 11.9 Å². The molecule has 7 nitrogen and oxygen atoms in total. The first-order valence-electron chi connectivity index (χ1n) is 8.93. The van der Waals surface area contributed by atoms with Crippen molar-refractivity contribution in [1.82, 2.24) is 20.1 Å². The maximum absolute atomic E-state index is 12.3. The average molecular weight is 358 g/mol. The van der Waals surface area contributed by atoms with Gasteiger partial charge in [-0.3, -0.25) is 9.59 Å². The molecule has 140 valence electrons. The van der Waals surface area contributed by atoms with Gasteiger partial charge in [-0.1, -0.05) is 38.5 Å². The number of unbranched alkanes of at least 4 members (excludes halogenated alkanes) is 2. The number of para-hydroxylation sites is 1. The highest BCUT2D eigenvalue weighted by Crippen LogP contribution is 2.23. The smallest absolute Gasteiger partial charge is 0.303 e. The Hall–Kier alpha value is -2.70. The Morgan fingerprint density at radius 2 is 1.92 bits per heavy atom. The molecule has 0 spiro atoms. The van der Waals surface area contributed by atoms with Crippen LogP contribution in [0.25, 0.3) is 5.69 Å². The van der Waals surface area contributed by atoms with Crippen molar-refractivity contribution in [3.8, 4) is 5.69 Å². The predicted octanol–water partition coefficient (Wildman–Crippen LogP) is 3.07. The van der Waals surface area contributed by atoms with E-state index < -0.39 is 5.97 Å². The summed E-state index contributed by atoms with van der Waals surface area (Å²) in [5, 5.41) is 15.8. The Bertz CT molecular complexity index is 768. The van der Waals surface area contributed by atoms with E-state index in [9.17, 15) is 9.59 Å². The minimum absolute atomic E-state index is 0.145. The molecule has 1 heterocycles. The van der Waals surface area contributed by atoms with Crippen LogP contribution >= 0.6 is 0 Å². The number of nitrogens with zero attached hydrogens (tertiary/aromatic N) is 3. The second-order valence-electron chi connectivity index (χ2n) is 6.57. The third-order valence-corrected chi connectivity index (χ3v) is 4.11. The second kappa shape index (κ2) is 9.12. The number of rotatable bonds is 9. The number of carbonyl (C=O) groups is 2. The van der Waals surface area contributed by atoms with Crippen LogP contribution in [0.2, 0.25) is 0 Å². The topological polar surface area (TPSA) is 97.1 Å². The van der Waals surface area contributed by atoms with Crippen molar-refractivity contribution in [2.75, 3.05) is 6.54 Å². The normalized spacial score (nSPS) is 10.9. The zero-order valence-corrected chi connectivity index (χ0v) is 15.5. The lowest BCUT2D eigenvalue weighted by Gasteiger charge is -2.12. The number of carbonyl (C=O) groups excluding carboxylic acids is 1. The van der Waals surface area contributed by atoms with Gasteiger partial charge in [0.25, 0.3) is 5.91 Å². The molecule has 1 amide bonds. The summed E-state index contributed by atoms with van der Waals surface area (Å²) in [6, 6.07) is 7.96. The van der Waals surface area contributed by atoms with Crippen LogP contribution < -0.4 is 5.32 Å². The van der Waals surface area contributed by atoms with Crippen molar-refractivity contribution in [1.29, 1.82) is 0 Å². The van der Waals surface area contributed by atoms with Crippen LogP contribution in [0.15, 0.2) is 24.3 Å². The summed E-state index contributed by atoms with van der Waals surface area (Å²) in [4.78, 5) is 27.0. The number of hydrogen-bond acceptors (Lipinski definition) is 4. The van der Waals surface area contributed by atoms with E-state index in [0.717, 1.165) is 24.1 Å². The molecule has 1 aromatic carbocycles. The van der Waals surface area contributed by atoms with E-state index in [1.807, 2.05) is 25.1 Å². The van der Waals surface area contributed by atoms with E-state index in [-0.39, 0.29) is 18.2 Å². The molecule has 7 heteroatoms. The van der Waals surface area contributed by atoms with Crippen LogP contribution in [0.3, 0.4) is 0 Å². The average Bonchev–Trinajstić information content (AvgIpc) is 2.99. The highest BCUT2D eigenvalue weighted by molar-refractivity contribution is 5.90. The van der Waals surface area contributed by atoms with Crippen LogP contribution in [0.5, 0.6) is 0 Å². The molecule has 0 aliphatic carbocycles. The van der Waals surface area contributed by atoms with Gasteiger partial charge in [0.2, 0.25) is 5.82 Å². The predicted molar refractivity (Wildman–Crippen MR) is 98.6 cm³/mol. The largest absolute Gasteiger partial charge is 0.481 e. The van der Waals surface area contributed by atoms with Gasteiger partial charge in [0, 0.05) is 13.0 Å². The monoisotopic (exact) mass is 358 g/mol. The maximum Gasteiger partial charge on any atom is 0.303 e. The van der Waals surface area contributed by atoms with E-state index >= 15 is 0 Å². The van der Waals surface area contributed by atoms with Crippen molar-refractivity contribution in [2.24, 2.45) is 0 Å². The third-order valence-electron chi connectivity index (χ3n) is 4.11. The fraction of sp³-hybridized carbons (Fsp3) is 0.474. The number of aromatic nitrogens is 3. The van der Waals surface area contributed by atoms with Gasteiger partial charge in [-0.15, -0.1) is 5.10 Å². The molecule has 0 atom stereocenters. The molecular weight excluding hydrogens is 332 g/mol. The summed E-state index contributed by atoms with van der Waals surface area (Å²) in [5.41, 5.74) is 2.08. The fourth-order valence-electron chi connectivity index (χ4n) is 2.74. The Balaban J connectivity index is 1.99. The van der Waals surface area contributed by atoms with E-state index in [2.05, 4.69) is 35.3 Å². The van der Waals surface area contributed by atoms with Crippen molar-refractivity contribution in [3.63, 3.8) is 0 Å². The number of aliphatic carboxylic acids is 1. The molecule has 1 aromatic heterocycles. The van der Waals surface area contributed by atoms with Crippen molar-refractivity contribution in [2.45, 2.75) is 52.4 Å². The van der Waals surface area contributed by atoms with Gasteiger partial charge in [0.1, 0.15) is 5.82 Å². The quantitative estimate of drug-likeness (QED) is 0.672.